The molecule has 0 radical (unpaired) electrons. The minimum absolute atomic E-state index is 0.115. The van der Waals surface area contributed by atoms with Gasteiger partial charge in [0, 0.05) is 31.9 Å². The maximum absolute atomic E-state index is 12.7. The van der Waals surface area contributed by atoms with E-state index in [4.69, 9.17) is 4.74 Å². The highest BCUT2D eigenvalue weighted by Crippen LogP contribution is 2.29. The fourth-order valence-electron chi connectivity index (χ4n) is 2.26. The lowest BCUT2D eigenvalue weighted by Crippen LogP contribution is -2.36. The van der Waals surface area contributed by atoms with Crippen molar-refractivity contribution in [2.24, 2.45) is 0 Å². The lowest BCUT2D eigenvalue weighted by Gasteiger charge is -2.23. The molecule has 4 nitrogen and oxygen atoms in total. The van der Waals surface area contributed by atoms with Crippen LogP contribution in [0.25, 0.3) is 0 Å². The molecule has 20 heavy (non-hydrogen) atoms. The maximum atomic E-state index is 12.7. The van der Waals surface area contributed by atoms with Crippen LogP contribution in [0.15, 0.2) is 24.3 Å². The molecule has 4 heteroatoms. The minimum Gasteiger partial charge on any atom is -0.384 e. The van der Waals surface area contributed by atoms with Gasteiger partial charge in [0.05, 0.1) is 12.2 Å². The highest BCUT2D eigenvalue weighted by atomic mass is 16.5. The predicted molar refractivity (Wildman–Crippen MR) is 81.2 cm³/mol. The van der Waals surface area contributed by atoms with Crippen LogP contribution in [0.1, 0.15) is 36.5 Å². The Morgan fingerprint density at radius 2 is 2.15 bits per heavy atom. The second kappa shape index (κ2) is 7.29. The van der Waals surface area contributed by atoms with E-state index in [2.05, 4.69) is 12.2 Å². The molecule has 110 valence electrons. The van der Waals surface area contributed by atoms with Crippen molar-refractivity contribution >= 4 is 11.6 Å². The third kappa shape index (κ3) is 3.73. The fourth-order valence-corrected chi connectivity index (χ4v) is 2.26. The lowest BCUT2D eigenvalue weighted by molar-refractivity contribution is 0.0681. The summed E-state index contributed by atoms with van der Waals surface area (Å²) < 4.78 is 5.12. The SMILES string of the molecule is CCCNc1ccccc1C(=O)N(CCOC)C1CC1. The number of hydrogen-bond donors (Lipinski definition) is 1. The number of methoxy groups -OCH3 is 1. The topological polar surface area (TPSA) is 41.6 Å². The smallest absolute Gasteiger partial charge is 0.256 e. The van der Waals surface area contributed by atoms with Crippen molar-refractivity contribution in [3.63, 3.8) is 0 Å². The lowest BCUT2D eigenvalue weighted by atomic mass is 10.1. The maximum Gasteiger partial charge on any atom is 0.256 e. The van der Waals surface area contributed by atoms with Crippen molar-refractivity contribution in [1.29, 1.82) is 0 Å². The zero-order chi connectivity index (χ0) is 14.4. The largest absolute Gasteiger partial charge is 0.384 e. The summed E-state index contributed by atoms with van der Waals surface area (Å²) in [6.45, 7) is 4.26. The van der Waals surface area contributed by atoms with Crippen molar-refractivity contribution in [3.8, 4) is 0 Å². The summed E-state index contributed by atoms with van der Waals surface area (Å²) in [4.78, 5) is 14.7. The standard InChI is InChI=1S/C16H24N2O2/c1-3-10-17-15-7-5-4-6-14(15)16(19)18(11-12-20-2)13-8-9-13/h4-7,13,17H,3,8-12H2,1-2H3. The Balaban J connectivity index is 2.13. The molecule has 1 aliphatic rings. The molecule has 0 bridgehead atoms. The van der Waals surface area contributed by atoms with Crippen LogP contribution in [0, 0.1) is 0 Å². The molecule has 1 amide bonds. The summed E-state index contributed by atoms with van der Waals surface area (Å²) in [5.41, 5.74) is 1.70. The third-order valence-corrected chi connectivity index (χ3v) is 3.51. The van der Waals surface area contributed by atoms with Gasteiger partial charge in [-0.2, -0.15) is 0 Å². The second-order valence-electron chi connectivity index (χ2n) is 5.19. The number of hydrogen-bond acceptors (Lipinski definition) is 3. The van der Waals surface area contributed by atoms with Gasteiger partial charge in [-0.05, 0) is 31.4 Å². The van der Waals surface area contributed by atoms with Crippen LogP contribution in [0.3, 0.4) is 0 Å². The minimum atomic E-state index is 0.115. The van der Waals surface area contributed by atoms with Gasteiger partial charge in [0.2, 0.25) is 0 Å². The van der Waals surface area contributed by atoms with E-state index in [-0.39, 0.29) is 5.91 Å². The first-order valence-corrected chi connectivity index (χ1v) is 7.40. The Morgan fingerprint density at radius 3 is 2.80 bits per heavy atom. The molecule has 1 N–H and O–H groups in total. The van der Waals surface area contributed by atoms with E-state index in [1.807, 2.05) is 29.2 Å². The Kier molecular flexibility index (Phi) is 5.41. The van der Waals surface area contributed by atoms with Gasteiger partial charge >= 0.3 is 0 Å². The Morgan fingerprint density at radius 1 is 1.40 bits per heavy atom. The van der Waals surface area contributed by atoms with Crippen LogP contribution in [0.5, 0.6) is 0 Å². The molecule has 1 saturated carbocycles. The van der Waals surface area contributed by atoms with Gasteiger partial charge < -0.3 is 15.0 Å². The molecule has 0 aliphatic heterocycles. The molecule has 0 atom stereocenters. The van der Waals surface area contributed by atoms with Crippen molar-refractivity contribution in [2.75, 3.05) is 32.1 Å². The van der Waals surface area contributed by atoms with E-state index in [1.54, 1.807) is 7.11 Å². The molecular formula is C16H24N2O2. The van der Waals surface area contributed by atoms with E-state index in [0.717, 1.165) is 37.1 Å². The normalized spacial score (nSPS) is 14.1. The van der Waals surface area contributed by atoms with Crippen LogP contribution >= 0.6 is 0 Å². The number of anilines is 1. The molecule has 1 fully saturated rings. The molecular weight excluding hydrogens is 252 g/mol. The Bertz CT molecular complexity index is 444. The van der Waals surface area contributed by atoms with Crippen LogP contribution < -0.4 is 5.32 Å². The number of carbonyl (C=O) groups excluding carboxylic acids is 1. The quantitative estimate of drug-likeness (QED) is 0.794. The summed E-state index contributed by atoms with van der Waals surface area (Å²) in [5.74, 6) is 0.115. The highest BCUT2D eigenvalue weighted by molar-refractivity contribution is 6.00. The number of ether oxygens (including phenoxy) is 1. The fraction of sp³-hybridized carbons (Fsp3) is 0.562. The molecule has 0 unspecified atom stereocenters. The molecule has 1 aromatic carbocycles. The molecule has 0 spiro atoms. The first-order valence-electron chi connectivity index (χ1n) is 7.40. The van der Waals surface area contributed by atoms with Crippen molar-refractivity contribution < 1.29 is 9.53 Å². The highest BCUT2D eigenvalue weighted by Gasteiger charge is 2.33. The van der Waals surface area contributed by atoms with Gasteiger partial charge in [-0.25, -0.2) is 0 Å². The average Bonchev–Trinajstić information content (AvgIpc) is 3.30. The third-order valence-electron chi connectivity index (χ3n) is 3.51. The first-order chi connectivity index (χ1) is 9.77. The number of nitrogens with one attached hydrogen (secondary N) is 1. The summed E-state index contributed by atoms with van der Waals surface area (Å²) in [5, 5.41) is 3.34. The van der Waals surface area contributed by atoms with Crippen molar-refractivity contribution in [3.05, 3.63) is 29.8 Å². The number of benzene rings is 1. The molecule has 1 aromatic rings. The van der Waals surface area contributed by atoms with E-state index < -0.39 is 0 Å². The second-order valence-corrected chi connectivity index (χ2v) is 5.19. The Labute approximate surface area is 121 Å². The van der Waals surface area contributed by atoms with Gasteiger partial charge in [0.25, 0.3) is 5.91 Å². The summed E-state index contributed by atoms with van der Waals surface area (Å²) in [6, 6.07) is 8.17. The summed E-state index contributed by atoms with van der Waals surface area (Å²) >= 11 is 0. The van der Waals surface area contributed by atoms with Gasteiger partial charge in [0.1, 0.15) is 0 Å². The number of para-hydroxylation sites is 1. The van der Waals surface area contributed by atoms with E-state index in [0.29, 0.717) is 19.2 Å². The van der Waals surface area contributed by atoms with Crippen LogP contribution in [0.2, 0.25) is 0 Å². The monoisotopic (exact) mass is 276 g/mol. The number of carbonyl (C=O) groups is 1. The molecule has 0 saturated heterocycles. The van der Waals surface area contributed by atoms with Gasteiger partial charge in [-0.3, -0.25) is 4.79 Å². The van der Waals surface area contributed by atoms with E-state index in [9.17, 15) is 4.79 Å². The molecule has 2 rings (SSSR count). The predicted octanol–water partition coefficient (Wildman–Crippen LogP) is 2.76. The zero-order valence-corrected chi connectivity index (χ0v) is 12.4. The van der Waals surface area contributed by atoms with Gasteiger partial charge in [0.15, 0.2) is 0 Å². The van der Waals surface area contributed by atoms with Gasteiger partial charge in [-0.15, -0.1) is 0 Å². The van der Waals surface area contributed by atoms with Crippen molar-refractivity contribution in [2.45, 2.75) is 32.2 Å². The molecule has 1 aliphatic carbocycles. The van der Waals surface area contributed by atoms with Crippen LogP contribution in [-0.4, -0.2) is 43.7 Å². The Hall–Kier alpha value is -1.55. The van der Waals surface area contributed by atoms with E-state index in [1.165, 1.54) is 0 Å². The number of rotatable bonds is 8. The van der Waals surface area contributed by atoms with Crippen LogP contribution in [0.4, 0.5) is 5.69 Å². The summed E-state index contributed by atoms with van der Waals surface area (Å²) in [7, 11) is 1.67. The van der Waals surface area contributed by atoms with E-state index >= 15 is 0 Å². The van der Waals surface area contributed by atoms with Crippen molar-refractivity contribution in [1.82, 2.24) is 4.90 Å². The summed E-state index contributed by atoms with van der Waals surface area (Å²) in [6.07, 6.45) is 3.26. The molecule has 0 heterocycles. The van der Waals surface area contributed by atoms with Crippen LogP contribution in [-0.2, 0) is 4.74 Å². The number of amides is 1. The zero-order valence-electron chi connectivity index (χ0n) is 12.4. The van der Waals surface area contributed by atoms with Gasteiger partial charge in [-0.1, -0.05) is 19.1 Å². The average molecular weight is 276 g/mol. The number of nitrogens with zero attached hydrogens (tertiary/aromatic N) is 1. The molecule has 0 aromatic heterocycles. The first kappa shape index (κ1) is 14.9.